The third-order valence-corrected chi connectivity index (χ3v) is 2.69. The van der Waals surface area contributed by atoms with Crippen molar-refractivity contribution in [2.45, 2.75) is 6.92 Å². The van der Waals surface area contributed by atoms with E-state index in [0.717, 1.165) is 26.2 Å². The van der Waals surface area contributed by atoms with Crippen LogP contribution in [0.3, 0.4) is 0 Å². The fourth-order valence-electron chi connectivity index (χ4n) is 1.91. The van der Waals surface area contributed by atoms with Gasteiger partial charge < -0.3 is 15.0 Å². The highest BCUT2D eigenvalue weighted by atomic mass is 19.1. The van der Waals surface area contributed by atoms with Gasteiger partial charge >= 0.3 is 0 Å². The third-order valence-electron chi connectivity index (χ3n) is 2.69. The van der Waals surface area contributed by atoms with Crippen LogP contribution in [0.1, 0.15) is 6.92 Å². The van der Waals surface area contributed by atoms with Crippen LogP contribution in [0.4, 0.5) is 10.1 Å². The Kier molecular flexibility index (Phi) is 3.62. The Balaban J connectivity index is 2.14. The van der Waals surface area contributed by atoms with Gasteiger partial charge in [-0.2, -0.15) is 0 Å². The van der Waals surface area contributed by atoms with Crippen LogP contribution in [0.25, 0.3) is 0 Å². The molecule has 1 heterocycles. The van der Waals surface area contributed by atoms with Gasteiger partial charge in [-0.15, -0.1) is 0 Å². The summed E-state index contributed by atoms with van der Waals surface area (Å²) in [6, 6.07) is 5.08. The van der Waals surface area contributed by atoms with Crippen LogP contribution in [0.5, 0.6) is 5.75 Å². The first-order chi connectivity index (χ1) is 7.81. The molecule has 4 heteroatoms. The van der Waals surface area contributed by atoms with Crippen molar-refractivity contribution >= 4 is 5.69 Å². The number of piperazine rings is 1. The van der Waals surface area contributed by atoms with Crippen LogP contribution >= 0.6 is 0 Å². The Morgan fingerprint density at radius 2 is 2.12 bits per heavy atom. The zero-order chi connectivity index (χ0) is 11.4. The lowest BCUT2D eigenvalue weighted by atomic mass is 10.2. The number of hydrogen-bond donors (Lipinski definition) is 1. The van der Waals surface area contributed by atoms with Gasteiger partial charge in [-0.25, -0.2) is 4.39 Å². The highest BCUT2D eigenvalue weighted by Gasteiger charge is 2.14. The molecule has 0 amide bonds. The molecule has 0 bridgehead atoms. The van der Waals surface area contributed by atoms with Crippen molar-refractivity contribution in [3.05, 3.63) is 24.0 Å². The maximum Gasteiger partial charge on any atom is 0.150 e. The van der Waals surface area contributed by atoms with Crippen LogP contribution < -0.4 is 15.0 Å². The number of ether oxygens (including phenoxy) is 1. The summed E-state index contributed by atoms with van der Waals surface area (Å²) in [5, 5.41) is 3.25. The summed E-state index contributed by atoms with van der Waals surface area (Å²) in [5.41, 5.74) is 0.671. The second-order valence-corrected chi connectivity index (χ2v) is 3.78. The Labute approximate surface area is 95.2 Å². The van der Waals surface area contributed by atoms with Gasteiger partial charge in [0.2, 0.25) is 0 Å². The van der Waals surface area contributed by atoms with Crippen LogP contribution in [-0.4, -0.2) is 32.8 Å². The van der Waals surface area contributed by atoms with Crippen molar-refractivity contribution in [3.8, 4) is 5.75 Å². The normalized spacial score (nSPS) is 16.2. The molecule has 0 atom stereocenters. The van der Waals surface area contributed by atoms with Crippen LogP contribution in [0.2, 0.25) is 0 Å². The topological polar surface area (TPSA) is 24.5 Å². The molecule has 0 radical (unpaired) electrons. The minimum absolute atomic E-state index is 0.201. The van der Waals surface area contributed by atoms with Crippen molar-refractivity contribution in [1.29, 1.82) is 0 Å². The number of benzene rings is 1. The summed E-state index contributed by atoms with van der Waals surface area (Å²) in [6.45, 7) is 5.98. The van der Waals surface area contributed by atoms with E-state index in [1.54, 1.807) is 6.07 Å². The van der Waals surface area contributed by atoms with E-state index in [9.17, 15) is 4.39 Å². The third kappa shape index (κ3) is 2.44. The molecule has 1 aliphatic rings. The molecule has 0 aromatic heterocycles. The highest BCUT2D eigenvalue weighted by Crippen LogP contribution is 2.24. The van der Waals surface area contributed by atoms with Gasteiger partial charge in [0.15, 0.2) is 0 Å². The molecule has 1 fully saturated rings. The number of rotatable bonds is 3. The average molecular weight is 224 g/mol. The molecule has 16 heavy (non-hydrogen) atoms. The molecule has 1 aromatic carbocycles. The average Bonchev–Trinajstić information content (AvgIpc) is 2.31. The number of hydrogen-bond acceptors (Lipinski definition) is 3. The molecular formula is C12H17FN2O. The van der Waals surface area contributed by atoms with Gasteiger partial charge in [0.25, 0.3) is 0 Å². The van der Waals surface area contributed by atoms with E-state index < -0.39 is 0 Å². The summed E-state index contributed by atoms with van der Waals surface area (Å²) in [4.78, 5) is 2.06. The first-order valence-electron chi connectivity index (χ1n) is 5.69. The van der Waals surface area contributed by atoms with Crippen molar-refractivity contribution in [2.75, 3.05) is 37.7 Å². The molecule has 0 spiro atoms. The van der Waals surface area contributed by atoms with E-state index in [-0.39, 0.29) is 5.82 Å². The predicted octanol–water partition coefficient (Wildman–Crippen LogP) is 1.63. The molecule has 1 saturated heterocycles. The van der Waals surface area contributed by atoms with E-state index in [1.807, 2.05) is 13.0 Å². The number of anilines is 1. The second-order valence-electron chi connectivity index (χ2n) is 3.78. The molecule has 0 saturated carbocycles. The molecule has 0 unspecified atom stereocenters. The maximum absolute atomic E-state index is 13.8. The van der Waals surface area contributed by atoms with Gasteiger partial charge in [0, 0.05) is 32.2 Å². The Morgan fingerprint density at radius 3 is 2.75 bits per heavy atom. The SMILES string of the molecule is CCOc1ccc(N2CCNCC2)c(F)c1. The molecule has 1 aliphatic heterocycles. The number of nitrogens with one attached hydrogen (secondary N) is 1. The summed E-state index contributed by atoms with van der Waals surface area (Å²) in [7, 11) is 0. The van der Waals surface area contributed by atoms with Crippen LogP contribution in [0, 0.1) is 5.82 Å². The van der Waals surface area contributed by atoms with E-state index in [0.29, 0.717) is 18.0 Å². The lowest BCUT2D eigenvalue weighted by Crippen LogP contribution is -2.43. The van der Waals surface area contributed by atoms with E-state index in [4.69, 9.17) is 4.74 Å². The molecule has 1 N–H and O–H groups in total. The fourth-order valence-corrected chi connectivity index (χ4v) is 1.91. The van der Waals surface area contributed by atoms with E-state index in [1.165, 1.54) is 6.07 Å². The predicted molar refractivity (Wildman–Crippen MR) is 62.7 cm³/mol. The number of nitrogens with zero attached hydrogens (tertiary/aromatic N) is 1. The summed E-state index contributed by atoms with van der Waals surface area (Å²) >= 11 is 0. The second kappa shape index (κ2) is 5.16. The summed E-state index contributed by atoms with van der Waals surface area (Å²) in [5.74, 6) is 0.395. The molecule has 1 aromatic rings. The van der Waals surface area contributed by atoms with Gasteiger partial charge in [0.1, 0.15) is 11.6 Å². The molecule has 3 nitrogen and oxygen atoms in total. The quantitative estimate of drug-likeness (QED) is 0.844. The van der Waals surface area contributed by atoms with E-state index >= 15 is 0 Å². The summed E-state index contributed by atoms with van der Waals surface area (Å²) < 4.78 is 19.1. The Hall–Kier alpha value is -1.29. The number of halogens is 1. The van der Waals surface area contributed by atoms with Gasteiger partial charge in [0.05, 0.1) is 12.3 Å². The van der Waals surface area contributed by atoms with Crippen LogP contribution in [-0.2, 0) is 0 Å². The smallest absolute Gasteiger partial charge is 0.150 e. The lowest BCUT2D eigenvalue weighted by Gasteiger charge is -2.29. The minimum Gasteiger partial charge on any atom is -0.494 e. The van der Waals surface area contributed by atoms with Crippen LogP contribution in [0.15, 0.2) is 18.2 Å². The Morgan fingerprint density at radius 1 is 1.38 bits per heavy atom. The van der Waals surface area contributed by atoms with Crippen molar-refractivity contribution in [1.82, 2.24) is 5.32 Å². The monoisotopic (exact) mass is 224 g/mol. The van der Waals surface area contributed by atoms with Crippen molar-refractivity contribution in [2.24, 2.45) is 0 Å². The summed E-state index contributed by atoms with van der Waals surface area (Å²) in [6.07, 6.45) is 0. The maximum atomic E-state index is 13.8. The first kappa shape index (κ1) is 11.2. The van der Waals surface area contributed by atoms with Crippen molar-refractivity contribution < 1.29 is 9.13 Å². The molecule has 0 aliphatic carbocycles. The first-order valence-corrected chi connectivity index (χ1v) is 5.69. The van der Waals surface area contributed by atoms with Crippen molar-refractivity contribution in [3.63, 3.8) is 0 Å². The standard InChI is InChI=1S/C12H17FN2O/c1-2-16-10-3-4-12(11(13)9-10)15-7-5-14-6-8-15/h3-4,9,14H,2,5-8H2,1H3. The van der Waals surface area contributed by atoms with E-state index in [2.05, 4.69) is 10.2 Å². The highest BCUT2D eigenvalue weighted by molar-refractivity contribution is 5.51. The lowest BCUT2D eigenvalue weighted by molar-refractivity contribution is 0.338. The fraction of sp³-hybridized carbons (Fsp3) is 0.500. The van der Waals surface area contributed by atoms with Gasteiger partial charge in [-0.1, -0.05) is 0 Å². The largest absolute Gasteiger partial charge is 0.494 e. The zero-order valence-electron chi connectivity index (χ0n) is 9.50. The minimum atomic E-state index is -0.201. The molecule has 88 valence electrons. The molecular weight excluding hydrogens is 207 g/mol. The van der Waals surface area contributed by atoms with Gasteiger partial charge in [-0.05, 0) is 19.1 Å². The molecule has 2 rings (SSSR count). The zero-order valence-corrected chi connectivity index (χ0v) is 9.50. The van der Waals surface area contributed by atoms with Gasteiger partial charge in [-0.3, -0.25) is 0 Å². The Bertz CT molecular complexity index is 351.